The number of aliphatic carboxylic acids is 1. The number of nitrogens with zero attached hydrogens (tertiary/aromatic N) is 1. The molecule has 78 valence electrons. The van der Waals surface area contributed by atoms with Crippen molar-refractivity contribution in [3.05, 3.63) is 35.2 Å². The molecule has 3 nitrogen and oxygen atoms in total. The highest BCUT2D eigenvalue weighted by molar-refractivity contribution is 6.35. The highest BCUT2D eigenvalue weighted by Crippen LogP contribution is 2.27. The summed E-state index contributed by atoms with van der Waals surface area (Å²) in [6.45, 7) is -0.301. The molecule has 15 heavy (non-hydrogen) atoms. The first-order valence-electron chi connectivity index (χ1n) is 4.24. The van der Waals surface area contributed by atoms with E-state index in [0.717, 1.165) is 0 Å². The van der Waals surface area contributed by atoms with Gasteiger partial charge in [-0.15, -0.1) is 0 Å². The topological polar surface area (TPSA) is 42.2 Å². The first-order valence-corrected chi connectivity index (χ1v) is 4.62. The molecule has 0 unspecified atom stereocenters. The highest BCUT2D eigenvalue weighted by atomic mass is 35.5. The molecule has 0 bridgehead atoms. The van der Waals surface area contributed by atoms with Crippen LogP contribution in [0.4, 0.5) is 4.39 Å². The minimum atomic E-state index is -1.04. The smallest absolute Gasteiger partial charge is 0.323 e. The number of halogens is 2. The van der Waals surface area contributed by atoms with E-state index in [1.54, 1.807) is 6.07 Å². The predicted octanol–water partition coefficient (Wildman–Crippen LogP) is 2.52. The molecule has 0 saturated heterocycles. The molecule has 0 saturated carbocycles. The summed E-state index contributed by atoms with van der Waals surface area (Å²) >= 11 is 5.85. The molecule has 0 aliphatic heterocycles. The largest absolute Gasteiger partial charge is 0.480 e. The number of benzene rings is 1. The fourth-order valence-corrected chi connectivity index (χ4v) is 1.81. The van der Waals surface area contributed by atoms with E-state index < -0.39 is 11.8 Å². The predicted molar refractivity (Wildman–Crippen MR) is 54.5 cm³/mol. The van der Waals surface area contributed by atoms with Crippen LogP contribution in [-0.4, -0.2) is 15.6 Å². The van der Waals surface area contributed by atoms with E-state index >= 15 is 0 Å². The van der Waals surface area contributed by atoms with E-state index in [1.807, 2.05) is 0 Å². The maximum atomic E-state index is 13.4. The Morgan fingerprint density at radius 1 is 1.53 bits per heavy atom. The molecule has 0 radical (unpaired) electrons. The molecule has 1 N–H and O–H groups in total. The van der Waals surface area contributed by atoms with Gasteiger partial charge in [0.15, 0.2) is 0 Å². The summed E-state index contributed by atoms with van der Waals surface area (Å²) in [6.07, 6.45) is 1.42. The maximum absolute atomic E-state index is 13.4. The van der Waals surface area contributed by atoms with E-state index in [4.69, 9.17) is 16.7 Å². The molecule has 2 aromatic rings. The Morgan fingerprint density at radius 3 is 2.93 bits per heavy atom. The van der Waals surface area contributed by atoms with Crippen LogP contribution >= 0.6 is 11.6 Å². The van der Waals surface area contributed by atoms with Crippen molar-refractivity contribution in [1.29, 1.82) is 0 Å². The van der Waals surface area contributed by atoms with Crippen molar-refractivity contribution >= 4 is 28.5 Å². The van der Waals surface area contributed by atoms with Crippen molar-refractivity contribution in [2.24, 2.45) is 0 Å². The van der Waals surface area contributed by atoms with Gasteiger partial charge in [-0.05, 0) is 6.07 Å². The van der Waals surface area contributed by atoms with Gasteiger partial charge in [0.2, 0.25) is 0 Å². The molecule has 1 aromatic carbocycles. The van der Waals surface area contributed by atoms with Gasteiger partial charge in [0.05, 0.1) is 10.5 Å². The summed E-state index contributed by atoms with van der Waals surface area (Å²) in [5, 5.41) is 9.52. The summed E-state index contributed by atoms with van der Waals surface area (Å²) < 4.78 is 14.7. The average molecular weight is 228 g/mol. The highest BCUT2D eigenvalue weighted by Gasteiger charge is 2.12. The third kappa shape index (κ3) is 1.68. The van der Waals surface area contributed by atoms with Gasteiger partial charge in [0.25, 0.3) is 0 Å². The Balaban J connectivity index is 2.70. The Bertz CT molecular complexity index is 535. The molecule has 0 spiro atoms. The van der Waals surface area contributed by atoms with Crippen LogP contribution < -0.4 is 0 Å². The lowest BCUT2D eigenvalue weighted by atomic mass is 10.2. The lowest BCUT2D eigenvalue weighted by Crippen LogP contribution is -2.07. The number of rotatable bonds is 2. The third-order valence-corrected chi connectivity index (χ3v) is 2.41. The normalized spacial score (nSPS) is 10.8. The van der Waals surface area contributed by atoms with Crippen LogP contribution in [0.1, 0.15) is 0 Å². The standard InChI is InChI=1S/C10H7ClFNO2/c11-7-4-13(5-9(14)15)10-6(7)2-1-3-8(10)12/h1-4H,5H2,(H,14,15). The van der Waals surface area contributed by atoms with E-state index in [0.29, 0.717) is 10.4 Å². The van der Waals surface area contributed by atoms with Gasteiger partial charge in [0, 0.05) is 11.6 Å². The Hall–Kier alpha value is -1.55. The Labute approximate surface area is 89.7 Å². The molecule has 5 heteroatoms. The van der Waals surface area contributed by atoms with Gasteiger partial charge in [-0.3, -0.25) is 4.79 Å². The van der Waals surface area contributed by atoms with Gasteiger partial charge in [-0.1, -0.05) is 23.7 Å². The number of hydrogen-bond donors (Lipinski definition) is 1. The lowest BCUT2D eigenvalue weighted by Gasteiger charge is -2.01. The molecule has 0 aliphatic carbocycles. The lowest BCUT2D eigenvalue weighted by molar-refractivity contribution is -0.137. The van der Waals surface area contributed by atoms with Gasteiger partial charge in [0.1, 0.15) is 12.4 Å². The van der Waals surface area contributed by atoms with Crippen molar-refractivity contribution in [3.8, 4) is 0 Å². The SMILES string of the molecule is O=C(O)Cn1cc(Cl)c2cccc(F)c21. The molecule has 2 rings (SSSR count). The number of carbonyl (C=O) groups is 1. The Morgan fingerprint density at radius 2 is 2.27 bits per heavy atom. The fourth-order valence-electron chi connectivity index (χ4n) is 1.54. The first-order chi connectivity index (χ1) is 7.09. The van der Waals surface area contributed by atoms with Gasteiger partial charge in [-0.25, -0.2) is 4.39 Å². The van der Waals surface area contributed by atoms with Gasteiger partial charge < -0.3 is 9.67 Å². The minimum Gasteiger partial charge on any atom is -0.480 e. The van der Waals surface area contributed by atoms with Crippen LogP contribution in [0.3, 0.4) is 0 Å². The summed E-state index contributed by atoms with van der Waals surface area (Å²) in [7, 11) is 0. The minimum absolute atomic E-state index is 0.227. The average Bonchev–Trinajstić information content (AvgIpc) is 2.44. The van der Waals surface area contributed by atoms with E-state index in [2.05, 4.69) is 0 Å². The zero-order chi connectivity index (χ0) is 11.0. The second-order valence-corrected chi connectivity index (χ2v) is 3.54. The first kappa shape index (κ1) is 9.98. The van der Waals surface area contributed by atoms with Gasteiger partial charge >= 0.3 is 5.97 Å². The molecular weight excluding hydrogens is 221 g/mol. The second-order valence-electron chi connectivity index (χ2n) is 3.13. The zero-order valence-electron chi connectivity index (χ0n) is 7.58. The summed E-state index contributed by atoms with van der Waals surface area (Å²) in [5.74, 6) is -1.51. The summed E-state index contributed by atoms with van der Waals surface area (Å²) in [4.78, 5) is 10.5. The second kappa shape index (κ2) is 3.55. The molecule has 1 heterocycles. The summed E-state index contributed by atoms with van der Waals surface area (Å²) in [6, 6.07) is 4.46. The number of carboxylic acids is 1. The number of hydrogen-bond acceptors (Lipinski definition) is 1. The molecule has 0 fully saturated rings. The van der Waals surface area contributed by atoms with Crippen molar-refractivity contribution in [2.45, 2.75) is 6.54 Å². The van der Waals surface area contributed by atoms with Crippen LogP contribution in [0.5, 0.6) is 0 Å². The molecule has 1 aromatic heterocycles. The molecule has 0 amide bonds. The van der Waals surface area contributed by atoms with E-state index in [-0.39, 0.29) is 12.1 Å². The third-order valence-electron chi connectivity index (χ3n) is 2.11. The van der Waals surface area contributed by atoms with Crippen molar-refractivity contribution in [1.82, 2.24) is 4.57 Å². The van der Waals surface area contributed by atoms with Crippen molar-refractivity contribution in [3.63, 3.8) is 0 Å². The number of aromatic nitrogens is 1. The maximum Gasteiger partial charge on any atom is 0.323 e. The monoisotopic (exact) mass is 227 g/mol. The van der Waals surface area contributed by atoms with Crippen LogP contribution in [0.2, 0.25) is 5.02 Å². The number of para-hydroxylation sites is 1. The van der Waals surface area contributed by atoms with Crippen molar-refractivity contribution < 1.29 is 14.3 Å². The number of carboxylic acid groups (broad SMARTS) is 1. The molecular formula is C10H7ClFNO2. The molecule has 0 aliphatic rings. The number of fused-ring (bicyclic) bond motifs is 1. The van der Waals surface area contributed by atoms with Crippen LogP contribution in [0, 0.1) is 5.82 Å². The zero-order valence-corrected chi connectivity index (χ0v) is 8.33. The van der Waals surface area contributed by atoms with Crippen LogP contribution in [-0.2, 0) is 11.3 Å². The Kier molecular flexibility index (Phi) is 2.36. The van der Waals surface area contributed by atoms with Crippen molar-refractivity contribution in [2.75, 3.05) is 0 Å². The molecule has 0 atom stereocenters. The van der Waals surface area contributed by atoms with E-state index in [1.165, 1.54) is 22.9 Å². The summed E-state index contributed by atoms with van der Waals surface area (Å²) in [5.41, 5.74) is 0.227. The quantitative estimate of drug-likeness (QED) is 0.857. The van der Waals surface area contributed by atoms with E-state index in [9.17, 15) is 9.18 Å². The van der Waals surface area contributed by atoms with Crippen LogP contribution in [0.15, 0.2) is 24.4 Å². The van der Waals surface area contributed by atoms with Crippen LogP contribution in [0.25, 0.3) is 10.9 Å². The fraction of sp³-hybridized carbons (Fsp3) is 0.100. The van der Waals surface area contributed by atoms with Gasteiger partial charge in [-0.2, -0.15) is 0 Å².